The van der Waals surface area contributed by atoms with Gasteiger partial charge in [-0.3, -0.25) is 14.4 Å². The summed E-state index contributed by atoms with van der Waals surface area (Å²) in [7, 11) is 3.68. The number of hydrogen-bond donors (Lipinski definition) is 0. The van der Waals surface area contributed by atoms with Gasteiger partial charge in [-0.2, -0.15) is 15.5 Å². The molecule has 2 aromatic heterocycles. The minimum atomic E-state index is -0.333. The maximum absolute atomic E-state index is 12.9. The van der Waals surface area contributed by atoms with E-state index in [2.05, 4.69) is 81.8 Å². The Hall–Kier alpha value is -3.79. The number of nitriles is 2. The molecule has 0 aliphatic carbocycles. The first-order chi connectivity index (χ1) is 18.3. The van der Waals surface area contributed by atoms with Gasteiger partial charge in [0, 0.05) is 44.8 Å². The number of rotatable bonds is 8. The third kappa shape index (κ3) is 5.40. The van der Waals surface area contributed by atoms with Crippen LogP contribution in [0.25, 0.3) is 11.0 Å². The van der Waals surface area contributed by atoms with E-state index in [-0.39, 0.29) is 23.8 Å². The van der Waals surface area contributed by atoms with Crippen LogP contribution in [0.2, 0.25) is 0 Å². The molecule has 1 unspecified atom stereocenters. The Morgan fingerprint density at radius 2 is 1.76 bits per heavy atom. The lowest BCUT2D eigenvalue weighted by molar-refractivity contribution is 0.0742. The summed E-state index contributed by atoms with van der Waals surface area (Å²) in [6.45, 7) is 9.01. The summed E-state index contributed by atoms with van der Waals surface area (Å²) in [5.74, 6) is 0.554. The van der Waals surface area contributed by atoms with Crippen molar-refractivity contribution in [3.8, 4) is 12.1 Å². The molecule has 9 heteroatoms. The van der Waals surface area contributed by atoms with E-state index >= 15 is 0 Å². The quantitative estimate of drug-likeness (QED) is 0.423. The van der Waals surface area contributed by atoms with Crippen molar-refractivity contribution in [2.75, 3.05) is 38.1 Å². The number of aromatic nitrogens is 3. The molecule has 3 heterocycles. The number of aryl methyl sites for hydroxylation is 2. The summed E-state index contributed by atoms with van der Waals surface area (Å²) < 4.78 is 1.49. The van der Waals surface area contributed by atoms with E-state index in [1.54, 1.807) is 19.2 Å². The van der Waals surface area contributed by atoms with E-state index < -0.39 is 0 Å². The molecule has 3 aromatic rings. The first-order valence-corrected chi connectivity index (χ1v) is 13.2. The lowest BCUT2D eigenvalue weighted by Crippen LogP contribution is -2.60. The van der Waals surface area contributed by atoms with E-state index in [9.17, 15) is 15.3 Å². The molecule has 0 bridgehead atoms. The molecule has 38 heavy (non-hydrogen) atoms. The summed E-state index contributed by atoms with van der Waals surface area (Å²) in [6, 6.07) is 16.9. The molecule has 4 rings (SSSR count). The topological polar surface area (TPSA) is 105 Å². The van der Waals surface area contributed by atoms with Gasteiger partial charge in [0.05, 0.1) is 18.1 Å². The van der Waals surface area contributed by atoms with Crippen LogP contribution >= 0.6 is 0 Å². The van der Waals surface area contributed by atoms with Crippen molar-refractivity contribution < 1.29 is 0 Å². The average Bonchev–Trinajstić information content (AvgIpc) is 2.93. The fourth-order valence-corrected chi connectivity index (χ4v) is 5.47. The Morgan fingerprint density at radius 1 is 1.05 bits per heavy atom. The van der Waals surface area contributed by atoms with Gasteiger partial charge in [0.15, 0.2) is 5.82 Å². The largest absolute Gasteiger partial charge is 0.349 e. The van der Waals surface area contributed by atoms with Crippen molar-refractivity contribution in [3.05, 3.63) is 63.7 Å². The third-order valence-electron chi connectivity index (χ3n) is 7.69. The number of piperazine rings is 1. The van der Waals surface area contributed by atoms with Crippen LogP contribution in [0.5, 0.6) is 0 Å². The number of anilines is 1. The smallest absolute Gasteiger partial charge is 0.349 e. The van der Waals surface area contributed by atoms with Crippen LogP contribution in [0.4, 0.5) is 5.82 Å². The number of pyridine rings is 1. The Balaban J connectivity index is 1.77. The zero-order valence-electron chi connectivity index (χ0n) is 22.9. The predicted octanol–water partition coefficient (Wildman–Crippen LogP) is 3.38. The molecule has 0 amide bonds. The highest BCUT2D eigenvalue weighted by Gasteiger charge is 2.38. The molecule has 0 saturated carbocycles. The van der Waals surface area contributed by atoms with Crippen molar-refractivity contribution in [1.29, 1.82) is 10.5 Å². The van der Waals surface area contributed by atoms with Gasteiger partial charge in [-0.1, -0.05) is 43.7 Å². The van der Waals surface area contributed by atoms with Crippen molar-refractivity contribution in [3.63, 3.8) is 0 Å². The second-order valence-corrected chi connectivity index (χ2v) is 10.2. The molecule has 1 aliphatic rings. The summed E-state index contributed by atoms with van der Waals surface area (Å²) in [6.07, 6.45) is 1.77. The first-order valence-electron chi connectivity index (χ1n) is 13.2. The van der Waals surface area contributed by atoms with Gasteiger partial charge < -0.3 is 4.90 Å². The average molecular weight is 513 g/mol. The molecule has 1 fully saturated rings. The van der Waals surface area contributed by atoms with Gasteiger partial charge in [-0.25, -0.2) is 9.78 Å². The second-order valence-electron chi connectivity index (χ2n) is 10.2. The summed E-state index contributed by atoms with van der Waals surface area (Å²) in [5, 5.41) is 18.8. The molecule has 0 spiro atoms. The number of likely N-dealkylation sites (N-methyl/N-ethyl adjacent to an activating group) is 1. The molecule has 0 radical (unpaired) electrons. The summed E-state index contributed by atoms with van der Waals surface area (Å²) in [4.78, 5) is 28.8. The number of nitrogens with zero attached hydrogens (tertiary/aromatic N) is 8. The van der Waals surface area contributed by atoms with Gasteiger partial charge in [-0.05, 0) is 44.5 Å². The molecule has 1 aliphatic heterocycles. The first kappa shape index (κ1) is 27.3. The van der Waals surface area contributed by atoms with Gasteiger partial charge in [0.25, 0.3) is 0 Å². The number of hydrogen-bond acceptors (Lipinski definition) is 8. The van der Waals surface area contributed by atoms with Crippen LogP contribution in [-0.4, -0.2) is 69.6 Å². The molecule has 1 saturated heterocycles. The van der Waals surface area contributed by atoms with Gasteiger partial charge in [0.1, 0.15) is 17.3 Å². The van der Waals surface area contributed by atoms with Crippen LogP contribution in [0.1, 0.15) is 49.6 Å². The standard InChI is InChI=1S/C29H36N8O/c1-6-23-18-37(28-27-25(35(5)29(38)33-28)13-12-22(16-31)32-27)24(7-2)17-36(23)26(19-34(4)15-14-30)21-10-8-20(3)9-11-21/h8-13,23-24,26H,6-7,15,17-19H2,1-5H3/t23-,24+,26?/m1/s1. The molecular formula is C29H36N8O. The Morgan fingerprint density at radius 3 is 2.39 bits per heavy atom. The lowest BCUT2D eigenvalue weighted by atomic mass is 9.95. The third-order valence-corrected chi connectivity index (χ3v) is 7.69. The fourth-order valence-electron chi connectivity index (χ4n) is 5.47. The maximum atomic E-state index is 12.9. The highest BCUT2D eigenvalue weighted by Crippen LogP contribution is 2.34. The zero-order valence-corrected chi connectivity index (χ0v) is 22.9. The van der Waals surface area contributed by atoms with E-state index in [4.69, 9.17) is 0 Å². The van der Waals surface area contributed by atoms with E-state index in [1.165, 1.54) is 15.7 Å². The van der Waals surface area contributed by atoms with E-state index in [0.717, 1.165) is 25.9 Å². The van der Waals surface area contributed by atoms with Gasteiger partial charge in [0.2, 0.25) is 0 Å². The number of fused-ring (bicyclic) bond motifs is 1. The van der Waals surface area contributed by atoms with Crippen LogP contribution in [-0.2, 0) is 7.05 Å². The predicted molar refractivity (Wildman–Crippen MR) is 149 cm³/mol. The highest BCUT2D eigenvalue weighted by atomic mass is 16.1. The van der Waals surface area contributed by atoms with Crippen LogP contribution in [0.3, 0.4) is 0 Å². The fraction of sp³-hybridized carbons (Fsp3) is 0.483. The zero-order chi connectivity index (χ0) is 27.4. The molecule has 198 valence electrons. The highest BCUT2D eigenvalue weighted by molar-refractivity contribution is 5.86. The van der Waals surface area contributed by atoms with Crippen molar-refractivity contribution in [2.45, 2.75) is 51.7 Å². The molecule has 0 N–H and O–H groups in total. The van der Waals surface area contributed by atoms with E-state index in [1.807, 2.05) is 7.05 Å². The van der Waals surface area contributed by atoms with Crippen molar-refractivity contribution >= 4 is 16.9 Å². The minimum Gasteiger partial charge on any atom is -0.349 e. The van der Waals surface area contributed by atoms with Crippen LogP contribution in [0, 0.1) is 29.6 Å². The minimum absolute atomic E-state index is 0.0994. The van der Waals surface area contributed by atoms with Crippen molar-refractivity contribution in [1.82, 2.24) is 24.3 Å². The lowest BCUT2D eigenvalue weighted by Gasteiger charge is -2.50. The van der Waals surface area contributed by atoms with Crippen LogP contribution in [0.15, 0.2) is 41.2 Å². The SMILES string of the molecule is CC[C@H]1CN(C(CN(C)CC#N)c2ccc(C)cc2)[C@H](CC)CN1c1nc(=O)n(C)c2ccc(C#N)nc12. The van der Waals surface area contributed by atoms with E-state index in [0.29, 0.717) is 35.6 Å². The summed E-state index contributed by atoms with van der Waals surface area (Å²) in [5.41, 5.74) is 3.67. The van der Waals surface area contributed by atoms with Gasteiger partial charge >= 0.3 is 5.69 Å². The molecule has 1 aromatic carbocycles. The molecule has 9 nitrogen and oxygen atoms in total. The molecule has 3 atom stereocenters. The Bertz CT molecular complexity index is 1420. The van der Waals surface area contributed by atoms with Crippen molar-refractivity contribution in [2.24, 2.45) is 7.05 Å². The Labute approximate surface area is 224 Å². The van der Waals surface area contributed by atoms with Crippen LogP contribution < -0.4 is 10.6 Å². The van der Waals surface area contributed by atoms with Gasteiger partial charge in [-0.15, -0.1) is 0 Å². The Kier molecular flexibility index (Phi) is 8.41. The summed E-state index contributed by atoms with van der Waals surface area (Å²) >= 11 is 0. The maximum Gasteiger partial charge on any atom is 0.349 e. The molecular weight excluding hydrogens is 476 g/mol. The number of benzene rings is 1. The second kappa shape index (κ2) is 11.7. The monoisotopic (exact) mass is 512 g/mol. The normalized spacial score (nSPS) is 18.9.